The Balaban J connectivity index is 0.000000188. The van der Waals surface area contributed by atoms with Gasteiger partial charge in [-0.15, -0.1) is 0 Å². The molecule has 10 rings (SSSR count). The Morgan fingerprint density at radius 2 is 0.922 bits per heavy atom. The third kappa shape index (κ3) is 16.5. The number of hydrogen-bond donors (Lipinski definition) is 1. The monoisotopic (exact) mass is 1160 g/mol. The molecule has 1 N–H and O–H groups in total. The van der Waals surface area contributed by atoms with Crippen molar-refractivity contribution in [3.05, 3.63) is 96.6 Å². The molecule has 0 spiro atoms. The van der Waals surface area contributed by atoms with Gasteiger partial charge in [0.2, 0.25) is 50.9 Å². The van der Waals surface area contributed by atoms with E-state index in [0.29, 0.717) is 90.7 Å². The molecular formula is C50H63ClN10O12S4. The lowest BCUT2D eigenvalue weighted by Crippen LogP contribution is -2.47. The number of rotatable bonds is 13. The summed E-state index contributed by atoms with van der Waals surface area (Å²) in [6.07, 6.45) is 14.1. The third-order valence-electron chi connectivity index (χ3n) is 13.4. The summed E-state index contributed by atoms with van der Waals surface area (Å²) in [4.78, 5) is 27.1. The summed E-state index contributed by atoms with van der Waals surface area (Å²) in [7, 11) is -8.43. The molecule has 8 heterocycles. The van der Waals surface area contributed by atoms with E-state index in [-0.39, 0.29) is 32.4 Å². The molecule has 4 saturated heterocycles. The van der Waals surface area contributed by atoms with E-state index in [1.807, 2.05) is 24.3 Å². The molecule has 4 aliphatic rings. The summed E-state index contributed by atoms with van der Waals surface area (Å²) in [5, 5.41) is 3.41. The number of nitrogens with one attached hydrogen (secondary N) is 1. The van der Waals surface area contributed by atoms with Gasteiger partial charge in [-0.1, -0.05) is 48.5 Å². The van der Waals surface area contributed by atoms with E-state index in [0.717, 1.165) is 61.8 Å². The van der Waals surface area contributed by atoms with Crippen molar-refractivity contribution in [2.75, 3.05) is 104 Å². The number of halogens is 1. The minimum absolute atomic E-state index is 0.124. The lowest BCUT2D eigenvalue weighted by atomic mass is 9.89. The summed E-state index contributed by atoms with van der Waals surface area (Å²) in [6.45, 7) is 5.25. The molecular weight excluding hydrogens is 1100 g/mol. The van der Waals surface area contributed by atoms with Crippen LogP contribution in [0.1, 0.15) is 48.6 Å². The number of morpholine rings is 2. The average molecular weight is 1160 g/mol. The van der Waals surface area contributed by atoms with E-state index >= 15 is 0 Å². The van der Waals surface area contributed by atoms with Gasteiger partial charge in [0.1, 0.15) is 25.4 Å². The van der Waals surface area contributed by atoms with Gasteiger partial charge < -0.3 is 24.3 Å². The molecule has 4 aliphatic heterocycles. The first kappa shape index (κ1) is 58.0. The van der Waals surface area contributed by atoms with Crippen LogP contribution in [0.25, 0.3) is 44.6 Å². The van der Waals surface area contributed by atoms with Gasteiger partial charge in [-0.05, 0) is 73.9 Å². The highest BCUT2D eigenvalue weighted by Gasteiger charge is 2.30. The SMILES string of the molecule is CS(=O)(=O)Cl.CS(=O)(=O)N1CCC(c2ccc(-c3cc4nccnc4c(OC[C@@H]4CN(S(C)(=O)=O)CCO4)n3)cc2)CC1.CS(=O)(=O)N1CCO[C@H](COc2nc(-c3ccc(C4CCNCC4)cc3)cc3nccnc23)C1. The molecule has 2 aromatic carbocycles. The Morgan fingerprint density at radius 1 is 0.545 bits per heavy atom. The maximum atomic E-state index is 11.9. The number of piperidine rings is 2. The van der Waals surface area contributed by atoms with Crippen molar-refractivity contribution in [2.45, 2.75) is 49.7 Å². The molecule has 4 fully saturated rings. The van der Waals surface area contributed by atoms with E-state index in [1.165, 1.54) is 42.8 Å². The van der Waals surface area contributed by atoms with E-state index in [4.69, 9.17) is 28.9 Å². The quantitative estimate of drug-likeness (QED) is 0.158. The van der Waals surface area contributed by atoms with Crippen LogP contribution in [0.3, 0.4) is 0 Å². The Morgan fingerprint density at radius 3 is 1.31 bits per heavy atom. The van der Waals surface area contributed by atoms with Crippen LogP contribution in [0, 0.1) is 0 Å². The molecule has 0 radical (unpaired) electrons. The zero-order valence-electron chi connectivity index (χ0n) is 43.1. The predicted octanol–water partition coefficient (Wildman–Crippen LogP) is 4.25. The standard InChI is InChI=1S/C25H31N5O6S2.C24H29N5O4S.CH3ClO2S/c1-37(31,32)29-11-7-19(8-12-29)18-3-5-20(6-4-18)22-15-23-24(27-10-9-26-23)25(28-22)36-17-21-16-30(13-14-35-21)38(2,33)34;1-34(30,31)29-12-13-32-20(15-29)16-33-24-23-22(26-10-11-27-23)14-21(28-24)19-4-2-17(3-5-19)18-6-8-25-9-7-18;1-5(2,3)4/h3-6,9-10,15,19,21H,7-8,11-14,16-17H2,1-2H3;2-5,10-11,14,18,20,25H,6-9,12-13,15-16H2,1H3;1H3/t21-;20-;/m00./s1. The molecule has 0 bridgehead atoms. The maximum absolute atomic E-state index is 11.9. The molecule has 0 saturated carbocycles. The Kier molecular flexibility index (Phi) is 19.1. The van der Waals surface area contributed by atoms with Crippen LogP contribution in [0.2, 0.25) is 0 Å². The molecule has 0 amide bonds. The predicted molar refractivity (Wildman–Crippen MR) is 293 cm³/mol. The number of aromatic nitrogens is 6. The second kappa shape index (κ2) is 25.3. The average Bonchev–Trinajstić information content (AvgIpc) is 3.41. The third-order valence-corrected chi connectivity index (χ3v) is 17.3. The lowest BCUT2D eigenvalue weighted by molar-refractivity contribution is -0.0252. The zero-order valence-corrected chi connectivity index (χ0v) is 47.2. The Labute approximate surface area is 454 Å². The zero-order chi connectivity index (χ0) is 55.0. The van der Waals surface area contributed by atoms with Gasteiger partial charge >= 0.3 is 0 Å². The van der Waals surface area contributed by atoms with Crippen molar-refractivity contribution in [1.29, 1.82) is 0 Å². The van der Waals surface area contributed by atoms with Crippen molar-refractivity contribution in [3.8, 4) is 34.3 Å². The highest BCUT2D eigenvalue weighted by Crippen LogP contribution is 2.34. The number of pyridine rings is 2. The first-order chi connectivity index (χ1) is 36.5. The van der Waals surface area contributed by atoms with Crippen molar-refractivity contribution >= 4 is 71.9 Å². The van der Waals surface area contributed by atoms with Crippen LogP contribution in [0.15, 0.2) is 85.5 Å². The number of nitrogens with zero attached hydrogens (tertiary/aromatic N) is 9. The molecule has 77 heavy (non-hydrogen) atoms. The second-order valence-corrected chi connectivity index (χ2v) is 28.2. The fourth-order valence-electron chi connectivity index (χ4n) is 9.44. The molecule has 0 aliphatic carbocycles. The topological polar surface area (TPSA) is 273 Å². The maximum Gasteiger partial charge on any atom is 0.242 e. The van der Waals surface area contributed by atoms with Gasteiger partial charge in [-0.25, -0.2) is 57.9 Å². The molecule has 6 aromatic rings. The lowest BCUT2D eigenvalue weighted by Gasteiger charge is -2.31. The Hall–Kier alpha value is -5.13. The molecule has 2 atom stereocenters. The second-order valence-electron chi connectivity index (χ2n) is 19.2. The smallest absolute Gasteiger partial charge is 0.242 e. The van der Waals surface area contributed by atoms with Gasteiger partial charge in [0.05, 0.1) is 60.7 Å². The summed E-state index contributed by atoms with van der Waals surface area (Å²) in [6, 6.07) is 20.5. The number of fused-ring (bicyclic) bond motifs is 2. The number of ether oxygens (including phenoxy) is 4. The normalized spacial score (nSPS) is 19.9. The van der Waals surface area contributed by atoms with E-state index in [9.17, 15) is 33.7 Å². The first-order valence-electron chi connectivity index (χ1n) is 24.9. The number of benzene rings is 2. The van der Waals surface area contributed by atoms with Crippen LogP contribution in [-0.2, 0) is 48.6 Å². The molecule has 416 valence electrons. The summed E-state index contributed by atoms with van der Waals surface area (Å²) >= 11 is 0. The molecule has 27 heteroatoms. The molecule has 0 unspecified atom stereocenters. The van der Waals surface area contributed by atoms with Crippen LogP contribution in [0.5, 0.6) is 11.8 Å². The molecule has 4 aromatic heterocycles. The van der Waals surface area contributed by atoms with Gasteiger partial charge in [-0.3, -0.25) is 9.97 Å². The van der Waals surface area contributed by atoms with E-state index in [1.54, 1.807) is 24.8 Å². The van der Waals surface area contributed by atoms with Crippen molar-refractivity contribution in [1.82, 2.24) is 48.1 Å². The molecule has 22 nitrogen and oxygen atoms in total. The van der Waals surface area contributed by atoms with Crippen LogP contribution in [-0.4, -0.2) is 193 Å². The van der Waals surface area contributed by atoms with Gasteiger partial charge in [0, 0.05) is 85.9 Å². The van der Waals surface area contributed by atoms with Crippen LogP contribution < -0.4 is 14.8 Å². The fraction of sp³-hybridized carbons (Fsp3) is 0.480. The largest absolute Gasteiger partial charge is 0.473 e. The summed E-state index contributed by atoms with van der Waals surface area (Å²) in [5.41, 5.74) is 8.21. The number of sulfonamides is 3. The van der Waals surface area contributed by atoms with E-state index in [2.05, 4.69) is 72.3 Å². The summed E-state index contributed by atoms with van der Waals surface area (Å²) < 4.78 is 118. The Bertz CT molecular complexity index is 3440. The van der Waals surface area contributed by atoms with Crippen LogP contribution >= 0.6 is 10.7 Å². The first-order valence-corrected chi connectivity index (χ1v) is 33.2. The fourth-order valence-corrected chi connectivity index (χ4v) is 12.0. The number of hydrogen-bond acceptors (Lipinski definition) is 19. The van der Waals surface area contributed by atoms with Gasteiger partial charge in [0.15, 0.2) is 11.0 Å². The van der Waals surface area contributed by atoms with Gasteiger partial charge in [0.25, 0.3) is 0 Å². The minimum Gasteiger partial charge on any atom is -0.473 e. The van der Waals surface area contributed by atoms with Crippen LogP contribution in [0.4, 0.5) is 0 Å². The summed E-state index contributed by atoms with van der Waals surface area (Å²) in [5.74, 6) is 1.57. The highest BCUT2D eigenvalue weighted by molar-refractivity contribution is 8.13. The minimum atomic E-state index is -3.31. The van der Waals surface area contributed by atoms with Gasteiger partial charge in [-0.2, -0.15) is 8.61 Å². The highest BCUT2D eigenvalue weighted by atomic mass is 35.7. The van der Waals surface area contributed by atoms with Crippen molar-refractivity contribution in [2.24, 2.45) is 0 Å². The van der Waals surface area contributed by atoms with Crippen molar-refractivity contribution < 1.29 is 52.6 Å². The van der Waals surface area contributed by atoms with E-state index < -0.39 is 45.2 Å². The van der Waals surface area contributed by atoms with Crippen molar-refractivity contribution in [3.63, 3.8) is 0 Å².